The van der Waals surface area contributed by atoms with Crippen molar-refractivity contribution >= 4 is 17.2 Å². The van der Waals surface area contributed by atoms with Gasteiger partial charge in [0.25, 0.3) is 5.56 Å². The van der Waals surface area contributed by atoms with Crippen LogP contribution in [-0.2, 0) is 11.2 Å². The van der Waals surface area contributed by atoms with Gasteiger partial charge < -0.3 is 14.0 Å². The Kier molecular flexibility index (Phi) is 5.34. The van der Waals surface area contributed by atoms with Gasteiger partial charge in [0, 0.05) is 6.07 Å². The first-order valence-electron chi connectivity index (χ1n) is 7.21. The van der Waals surface area contributed by atoms with Gasteiger partial charge in [0.1, 0.15) is 5.39 Å². The Hall–Kier alpha value is -2.84. The third-order valence-corrected chi connectivity index (χ3v) is 2.98. The number of hydrogen-bond donors (Lipinski definition) is 2. The first-order valence-corrected chi connectivity index (χ1v) is 7.21. The highest BCUT2D eigenvalue weighted by Crippen LogP contribution is 2.14. The van der Waals surface area contributed by atoms with E-state index < -0.39 is 17.3 Å². The van der Waals surface area contributed by atoms with Gasteiger partial charge in [0.2, 0.25) is 5.71 Å². The van der Waals surface area contributed by atoms with Crippen molar-refractivity contribution in [3.63, 3.8) is 0 Å². The lowest BCUT2D eigenvalue weighted by Gasteiger charge is -2.07. The number of aryl methyl sites for hydroxylation is 1. The summed E-state index contributed by atoms with van der Waals surface area (Å²) in [6.45, 7) is 3.79. The zero-order valence-corrected chi connectivity index (χ0v) is 12.8. The molecule has 0 fully saturated rings. The molecular weight excluding hydrogens is 306 g/mol. The fourth-order valence-electron chi connectivity index (χ4n) is 1.99. The van der Waals surface area contributed by atoms with Crippen molar-refractivity contribution < 1.29 is 18.8 Å². The van der Waals surface area contributed by atoms with Crippen LogP contribution in [0.5, 0.6) is 6.01 Å². The van der Waals surface area contributed by atoms with E-state index in [0.29, 0.717) is 12.0 Å². The second kappa shape index (κ2) is 7.43. The summed E-state index contributed by atoms with van der Waals surface area (Å²) in [5.41, 5.74) is 1.23. The van der Waals surface area contributed by atoms with Crippen LogP contribution in [0.2, 0.25) is 0 Å². The molecule has 0 aromatic carbocycles. The highest BCUT2D eigenvalue weighted by Gasteiger charge is 2.14. The summed E-state index contributed by atoms with van der Waals surface area (Å²) in [6, 6.07) is 0.970. The van der Waals surface area contributed by atoms with Crippen molar-refractivity contribution in [3.8, 4) is 6.01 Å². The van der Waals surface area contributed by atoms with Gasteiger partial charge in [-0.3, -0.25) is 9.78 Å². The molecule has 9 heteroatoms. The van der Waals surface area contributed by atoms with Gasteiger partial charge in [-0.05, 0) is 25.3 Å². The van der Waals surface area contributed by atoms with Crippen LogP contribution in [0.15, 0.2) is 20.1 Å². The topological polar surface area (TPSA) is 124 Å². The number of unbranched alkanes of at least 4 members (excludes halogenated alkanes) is 1. The van der Waals surface area contributed by atoms with Crippen LogP contribution >= 0.6 is 0 Å². The SMILES string of the molecule is CCCCc1cc(=O)oc2nc(ONC(=O)OCC)[nH]c(=O)c12. The van der Waals surface area contributed by atoms with E-state index in [-0.39, 0.29) is 23.7 Å². The van der Waals surface area contributed by atoms with E-state index in [1.165, 1.54) is 6.07 Å². The molecule has 0 radical (unpaired) electrons. The van der Waals surface area contributed by atoms with E-state index in [9.17, 15) is 14.4 Å². The second-order valence-corrected chi connectivity index (χ2v) is 4.67. The Morgan fingerprint density at radius 1 is 1.39 bits per heavy atom. The third kappa shape index (κ3) is 4.09. The minimum atomic E-state index is -0.839. The van der Waals surface area contributed by atoms with Crippen LogP contribution in [0, 0.1) is 0 Å². The molecule has 0 aliphatic rings. The van der Waals surface area contributed by atoms with E-state index in [0.717, 1.165) is 12.8 Å². The molecule has 2 aromatic heterocycles. The average molecular weight is 323 g/mol. The van der Waals surface area contributed by atoms with Gasteiger partial charge in [-0.15, -0.1) is 5.48 Å². The molecule has 0 saturated heterocycles. The quantitative estimate of drug-likeness (QED) is 0.767. The normalized spacial score (nSPS) is 10.5. The average Bonchev–Trinajstić information content (AvgIpc) is 2.50. The Labute approximate surface area is 130 Å². The molecule has 1 amide bonds. The third-order valence-electron chi connectivity index (χ3n) is 2.98. The summed E-state index contributed by atoms with van der Waals surface area (Å²) in [4.78, 5) is 46.0. The number of aromatic nitrogens is 2. The van der Waals surface area contributed by atoms with Gasteiger partial charge in [-0.2, -0.15) is 4.98 Å². The summed E-state index contributed by atoms with van der Waals surface area (Å²) in [7, 11) is 0. The van der Waals surface area contributed by atoms with Crippen molar-refractivity contribution in [2.45, 2.75) is 33.1 Å². The van der Waals surface area contributed by atoms with Crippen molar-refractivity contribution in [2.75, 3.05) is 6.61 Å². The summed E-state index contributed by atoms with van der Waals surface area (Å²) in [5, 5.41) is 0.196. The number of ether oxygens (including phenoxy) is 1. The van der Waals surface area contributed by atoms with E-state index in [1.807, 2.05) is 12.4 Å². The molecule has 0 saturated carbocycles. The van der Waals surface area contributed by atoms with Gasteiger partial charge in [0.15, 0.2) is 0 Å². The molecule has 2 N–H and O–H groups in total. The number of H-pyrrole nitrogens is 1. The van der Waals surface area contributed by atoms with Crippen LogP contribution in [-0.4, -0.2) is 22.7 Å². The maximum absolute atomic E-state index is 12.2. The summed E-state index contributed by atoms with van der Waals surface area (Å²) >= 11 is 0. The standard InChI is InChI=1S/C14H17N3O6/c1-3-5-6-8-7-9(18)22-12-10(8)11(19)15-13(16-12)23-17-14(20)21-4-2/h7H,3-6H2,1-2H3,(H,17,20)(H,15,16,19). The Balaban J connectivity index is 2.36. The maximum atomic E-state index is 12.2. The molecular formula is C14H17N3O6. The number of carbonyl (C=O) groups excluding carboxylic acids is 1. The molecule has 2 rings (SSSR count). The number of nitrogens with one attached hydrogen (secondary N) is 2. The molecule has 2 heterocycles. The predicted molar refractivity (Wildman–Crippen MR) is 80.3 cm³/mol. The number of hydrogen-bond acceptors (Lipinski definition) is 7. The minimum absolute atomic E-state index is 0.145. The Bertz CT molecular complexity index is 810. The fraction of sp³-hybridized carbons (Fsp3) is 0.429. The number of nitrogens with zero attached hydrogens (tertiary/aromatic N) is 1. The van der Waals surface area contributed by atoms with Gasteiger partial charge in [-0.1, -0.05) is 13.3 Å². The van der Waals surface area contributed by atoms with Crippen molar-refractivity contribution in [1.82, 2.24) is 15.4 Å². The van der Waals surface area contributed by atoms with Gasteiger partial charge in [0.05, 0.1) is 6.61 Å². The molecule has 0 aliphatic heterocycles. The molecule has 9 nitrogen and oxygen atoms in total. The van der Waals surface area contributed by atoms with Crippen molar-refractivity contribution in [1.29, 1.82) is 0 Å². The number of rotatable bonds is 6. The second-order valence-electron chi connectivity index (χ2n) is 4.67. The first kappa shape index (κ1) is 16.5. The van der Waals surface area contributed by atoms with Crippen LogP contribution < -0.4 is 21.5 Å². The molecule has 0 unspecified atom stereocenters. The van der Waals surface area contributed by atoms with E-state index in [1.54, 1.807) is 6.92 Å². The van der Waals surface area contributed by atoms with Gasteiger partial charge >= 0.3 is 17.7 Å². The van der Waals surface area contributed by atoms with Gasteiger partial charge in [-0.25, -0.2) is 9.59 Å². The lowest BCUT2D eigenvalue weighted by molar-refractivity contribution is 0.0992. The van der Waals surface area contributed by atoms with Crippen LogP contribution in [0.25, 0.3) is 11.1 Å². The predicted octanol–water partition coefficient (Wildman–Crippen LogP) is 1.26. The Morgan fingerprint density at radius 2 is 2.17 bits per heavy atom. The van der Waals surface area contributed by atoms with E-state index >= 15 is 0 Å². The lowest BCUT2D eigenvalue weighted by Crippen LogP contribution is -2.29. The zero-order chi connectivity index (χ0) is 16.8. The van der Waals surface area contributed by atoms with Crippen LogP contribution in [0.1, 0.15) is 32.3 Å². The highest BCUT2D eigenvalue weighted by molar-refractivity contribution is 5.75. The molecule has 0 atom stereocenters. The summed E-state index contributed by atoms with van der Waals surface area (Å²) in [5.74, 6) is 0. The number of aromatic amines is 1. The molecule has 0 aliphatic carbocycles. The first-order chi connectivity index (χ1) is 11.0. The fourth-order valence-corrected chi connectivity index (χ4v) is 1.99. The highest BCUT2D eigenvalue weighted by atomic mass is 16.7. The number of carbonyl (C=O) groups is 1. The molecule has 0 bridgehead atoms. The number of amides is 1. The largest absolute Gasteiger partial charge is 0.448 e. The maximum Gasteiger partial charge on any atom is 0.440 e. The van der Waals surface area contributed by atoms with Crippen molar-refractivity contribution in [3.05, 3.63) is 32.4 Å². The molecule has 124 valence electrons. The van der Waals surface area contributed by atoms with Crippen LogP contribution in [0.4, 0.5) is 4.79 Å². The van der Waals surface area contributed by atoms with Crippen molar-refractivity contribution in [2.24, 2.45) is 0 Å². The van der Waals surface area contributed by atoms with E-state index in [4.69, 9.17) is 9.25 Å². The molecule has 2 aromatic rings. The zero-order valence-electron chi connectivity index (χ0n) is 12.8. The minimum Gasteiger partial charge on any atom is -0.448 e. The summed E-state index contributed by atoms with van der Waals surface area (Å²) in [6.07, 6.45) is 1.46. The number of fused-ring (bicyclic) bond motifs is 1. The number of hydroxylamine groups is 1. The van der Waals surface area contributed by atoms with E-state index in [2.05, 4.69) is 14.7 Å². The lowest BCUT2D eigenvalue weighted by atomic mass is 10.1. The molecule has 0 spiro atoms. The van der Waals surface area contributed by atoms with Crippen LogP contribution in [0.3, 0.4) is 0 Å². The smallest absolute Gasteiger partial charge is 0.440 e. The Morgan fingerprint density at radius 3 is 2.87 bits per heavy atom. The molecule has 23 heavy (non-hydrogen) atoms. The monoisotopic (exact) mass is 323 g/mol. The summed E-state index contributed by atoms with van der Waals surface area (Å²) < 4.78 is 9.54.